The maximum absolute atomic E-state index is 11.2. The number of unbranched alkanes of at least 4 members (excludes halogenated alkanes) is 10. The van der Waals surface area contributed by atoms with Gasteiger partial charge in [-0.05, 0) is 19.8 Å². The zero-order valence-corrected chi connectivity index (χ0v) is 15.5. The number of rotatable bonds is 15. The van der Waals surface area contributed by atoms with E-state index in [9.17, 15) is 4.79 Å². The third-order valence-corrected chi connectivity index (χ3v) is 4.38. The van der Waals surface area contributed by atoms with E-state index in [1.807, 2.05) is 6.92 Å². The van der Waals surface area contributed by atoms with Gasteiger partial charge in [0.25, 0.3) is 0 Å². The Labute approximate surface area is 148 Å². The zero-order valence-electron chi connectivity index (χ0n) is 15.5. The van der Waals surface area contributed by atoms with Crippen molar-refractivity contribution < 1.29 is 14.1 Å². The summed E-state index contributed by atoms with van der Waals surface area (Å²) in [5.41, 5.74) is 0. The van der Waals surface area contributed by atoms with Crippen LogP contribution >= 0.6 is 0 Å². The highest BCUT2D eigenvalue weighted by atomic mass is 16.5. The van der Waals surface area contributed by atoms with E-state index < -0.39 is 0 Å². The maximum Gasteiger partial charge on any atom is 0.305 e. The molecule has 0 fully saturated rings. The first-order valence-electron chi connectivity index (χ1n) is 9.92. The number of pyridine rings is 1. The molecule has 3 heteroatoms. The van der Waals surface area contributed by atoms with Crippen LogP contribution in [0.5, 0.6) is 0 Å². The van der Waals surface area contributed by atoms with E-state index in [4.69, 9.17) is 4.74 Å². The third kappa shape index (κ3) is 12.1. The summed E-state index contributed by atoms with van der Waals surface area (Å²) in [6.07, 6.45) is 19.1. The van der Waals surface area contributed by atoms with Crippen LogP contribution in [0.4, 0.5) is 0 Å². The molecule has 0 aliphatic heterocycles. The van der Waals surface area contributed by atoms with Crippen molar-refractivity contribution in [2.45, 2.75) is 90.5 Å². The lowest BCUT2D eigenvalue weighted by Gasteiger charge is -2.03. The second kappa shape index (κ2) is 15.2. The fourth-order valence-electron chi connectivity index (χ4n) is 2.97. The molecular weight excluding hydrogens is 298 g/mol. The summed E-state index contributed by atoms with van der Waals surface area (Å²) < 4.78 is 7.19. The molecule has 24 heavy (non-hydrogen) atoms. The molecule has 0 aromatic carbocycles. The van der Waals surface area contributed by atoms with Gasteiger partial charge in [0.05, 0.1) is 6.61 Å². The Kier molecular flexibility index (Phi) is 13.1. The van der Waals surface area contributed by atoms with E-state index in [0.29, 0.717) is 13.0 Å². The molecule has 0 aliphatic rings. The largest absolute Gasteiger partial charge is 0.466 e. The summed E-state index contributed by atoms with van der Waals surface area (Å²) >= 11 is 0. The highest BCUT2D eigenvalue weighted by Crippen LogP contribution is 2.12. The molecule has 0 radical (unpaired) electrons. The number of carbonyl (C=O) groups excluding carboxylic acids is 1. The third-order valence-electron chi connectivity index (χ3n) is 4.38. The van der Waals surface area contributed by atoms with Gasteiger partial charge in [0.1, 0.15) is 6.54 Å². The van der Waals surface area contributed by atoms with Crippen molar-refractivity contribution in [2.75, 3.05) is 6.61 Å². The Morgan fingerprint density at radius 3 is 1.79 bits per heavy atom. The minimum atomic E-state index is -0.0387. The van der Waals surface area contributed by atoms with Crippen molar-refractivity contribution >= 4 is 5.97 Å². The molecule has 0 saturated carbocycles. The average Bonchev–Trinajstić information content (AvgIpc) is 2.60. The molecule has 0 atom stereocenters. The van der Waals surface area contributed by atoms with Crippen molar-refractivity contribution in [3.05, 3.63) is 30.6 Å². The highest BCUT2D eigenvalue weighted by Gasteiger charge is 2.01. The van der Waals surface area contributed by atoms with Crippen molar-refractivity contribution in [3.63, 3.8) is 0 Å². The number of ether oxygens (including phenoxy) is 1. The summed E-state index contributed by atoms with van der Waals surface area (Å²) in [5.74, 6) is -0.0387. The summed E-state index contributed by atoms with van der Waals surface area (Å²) in [7, 11) is 0. The van der Waals surface area contributed by atoms with Crippen LogP contribution in [-0.4, -0.2) is 12.6 Å². The molecule has 1 rings (SSSR count). The monoisotopic (exact) mass is 334 g/mol. The van der Waals surface area contributed by atoms with Gasteiger partial charge >= 0.3 is 5.97 Å². The zero-order chi connectivity index (χ0) is 17.3. The summed E-state index contributed by atoms with van der Waals surface area (Å²) in [6.45, 7) is 3.51. The molecule has 0 spiro atoms. The van der Waals surface area contributed by atoms with Crippen LogP contribution in [0.2, 0.25) is 0 Å². The molecular formula is C21H36NO2+. The Balaban J connectivity index is 1.75. The first-order chi connectivity index (χ1) is 11.8. The molecule has 1 aromatic heterocycles. The van der Waals surface area contributed by atoms with Gasteiger partial charge in [-0.2, -0.15) is 0 Å². The summed E-state index contributed by atoms with van der Waals surface area (Å²) in [5, 5.41) is 0. The number of esters is 1. The van der Waals surface area contributed by atoms with Crippen LogP contribution in [-0.2, 0) is 16.1 Å². The number of hydrogen-bond acceptors (Lipinski definition) is 2. The maximum atomic E-state index is 11.2. The van der Waals surface area contributed by atoms with Gasteiger partial charge in [-0.1, -0.05) is 57.4 Å². The minimum Gasteiger partial charge on any atom is -0.466 e. The van der Waals surface area contributed by atoms with Gasteiger partial charge in [-0.25, -0.2) is 4.57 Å². The lowest BCUT2D eigenvalue weighted by molar-refractivity contribution is -0.697. The smallest absolute Gasteiger partial charge is 0.305 e. The molecule has 1 aromatic rings. The second-order valence-electron chi connectivity index (χ2n) is 6.56. The average molecular weight is 335 g/mol. The second-order valence-corrected chi connectivity index (χ2v) is 6.56. The molecule has 0 amide bonds. The first-order valence-corrected chi connectivity index (χ1v) is 9.92. The fourth-order valence-corrected chi connectivity index (χ4v) is 2.97. The van der Waals surface area contributed by atoms with Crippen molar-refractivity contribution in [3.8, 4) is 0 Å². The van der Waals surface area contributed by atoms with Crippen LogP contribution < -0.4 is 4.57 Å². The Morgan fingerprint density at radius 1 is 0.750 bits per heavy atom. The first kappa shape index (κ1) is 20.7. The van der Waals surface area contributed by atoms with Gasteiger partial charge in [0.15, 0.2) is 12.4 Å². The van der Waals surface area contributed by atoms with E-state index in [2.05, 4.69) is 35.2 Å². The Morgan fingerprint density at radius 2 is 1.25 bits per heavy atom. The molecule has 1 heterocycles. The summed E-state index contributed by atoms with van der Waals surface area (Å²) in [6, 6.07) is 6.25. The predicted octanol–water partition coefficient (Wildman–Crippen LogP) is 5.22. The molecule has 0 saturated heterocycles. The van der Waals surface area contributed by atoms with E-state index in [1.165, 1.54) is 57.8 Å². The highest BCUT2D eigenvalue weighted by molar-refractivity contribution is 5.69. The Hall–Kier alpha value is -1.38. The van der Waals surface area contributed by atoms with Crippen molar-refractivity contribution in [1.82, 2.24) is 0 Å². The van der Waals surface area contributed by atoms with Crippen molar-refractivity contribution in [2.24, 2.45) is 0 Å². The molecule has 0 aliphatic carbocycles. The number of hydrogen-bond donors (Lipinski definition) is 0. The van der Waals surface area contributed by atoms with E-state index in [1.54, 1.807) is 0 Å². The molecule has 3 nitrogen and oxygen atoms in total. The molecule has 0 bridgehead atoms. The fraction of sp³-hybridized carbons (Fsp3) is 0.714. The number of aryl methyl sites for hydroxylation is 1. The molecule has 0 N–H and O–H groups in total. The SMILES string of the molecule is CCOC(=O)CCCCCCCCCCCCC[n+]1ccccc1. The minimum absolute atomic E-state index is 0.0387. The van der Waals surface area contributed by atoms with Crippen LogP contribution in [0.15, 0.2) is 30.6 Å². The van der Waals surface area contributed by atoms with Gasteiger partial charge in [0.2, 0.25) is 0 Å². The van der Waals surface area contributed by atoms with Crippen molar-refractivity contribution in [1.29, 1.82) is 0 Å². The van der Waals surface area contributed by atoms with Crippen LogP contribution in [0.1, 0.15) is 84.0 Å². The number of nitrogens with zero attached hydrogens (tertiary/aromatic N) is 1. The van der Waals surface area contributed by atoms with Crippen LogP contribution in [0.25, 0.3) is 0 Å². The Bertz CT molecular complexity index is 406. The van der Waals surface area contributed by atoms with Crippen LogP contribution in [0.3, 0.4) is 0 Å². The topological polar surface area (TPSA) is 30.2 Å². The van der Waals surface area contributed by atoms with Gasteiger partial charge in [0, 0.05) is 25.0 Å². The normalized spacial score (nSPS) is 10.7. The predicted molar refractivity (Wildman–Crippen MR) is 98.7 cm³/mol. The van der Waals surface area contributed by atoms with Gasteiger partial charge in [-0.3, -0.25) is 4.79 Å². The molecule has 136 valence electrons. The lowest BCUT2D eigenvalue weighted by atomic mass is 10.1. The van der Waals surface area contributed by atoms with Gasteiger partial charge in [-0.15, -0.1) is 0 Å². The molecule has 0 unspecified atom stereocenters. The number of carbonyl (C=O) groups is 1. The summed E-state index contributed by atoms with van der Waals surface area (Å²) in [4.78, 5) is 11.2. The van der Waals surface area contributed by atoms with E-state index in [0.717, 1.165) is 19.4 Å². The number of aromatic nitrogens is 1. The van der Waals surface area contributed by atoms with Crippen LogP contribution in [0, 0.1) is 0 Å². The quantitative estimate of drug-likeness (QED) is 0.250. The van der Waals surface area contributed by atoms with Gasteiger partial charge < -0.3 is 4.74 Å². The standard InChI is InChI=1S/C21H36NO2/c1-2-24-21(23)17-13-10-8-6-4-3-5-7-9-11-14-18-22-19-15-12-16-20-22/h12,15-16,19-20H,2-11,13-14,17-18H2,1H3/q+1. The van der Waals surface area contributed by atoms with E-state index in [-0.39, 0.29) is 5.97 Å². The van der Waals surface area contributed by atoms with E-state index >= 15 is 0 Å². The lowest BCUT2D eigenvalue weighted by Crippen LogP contribution is -2.32.